The number of nitrogens with one attached hydrogen (secondary N) is 1. The fraction of sp³-hybridized carbons (Fsp3) is 0.136. The molecule has 2 heterocycles. The summed E-state index contributed by atoms with van der Waals surface area (Å²) in [5, 5.41) is 13.2. The van der Waals surface area contributed by atoms with E-state index in [9.17, 15) is 4.79 Å². The third kappa shape index (κ3) is 5.12. The van der Waals surface area contributed by atoms with Gasteiger partial charge in [0.25, 0.3) is 0 Å². The number of thioether (sulfide) groups is 1. The van der Waals surface area contributed by atoms with Crippen molar-refractivity contribution in [2.24, 2.45) is 0 Å². The van der Waals surface area contributed by atoms with Gasteiger partial charge in [-0.15, -0.1) is 10.2 Å². The number of halogens is 2. The second-order valence-electron chi connectivity index (χ2n) is 6.75. The van der Waals surface area contributed by atoms with E-state index in [0.717, 1.165) is 16.9 Å². The summed E-state index contributed by atoms with van der Waals surface area (Å²) in [7, 11) is 0. The Morgan fingerprint density at radius 2 is 1.97 bits per heavy atom. The lowest BCUT2D eigenvalue weighted by atomic mass is 10.2. The molecule has 31 heavy (non-hydrogen) atoms. The van der Waals surface area contributed by atoms with Crippen molar-refractivity contribution in [1.82, 2.24) is 14.8 Å². The van der Waals surface area contributed by atoms with Gasteiger partial charge >= 0.3 is 0 Å². The van der Waals surface area contributed by atoms with Crippen LogP contribution in [0.1, 0.15) is 11.3 Å². The number of aryl methyl sites for hydroxylation is 1. The van der Waals surface area contributed by atoms with Gasteiger partial charge in [-0.05, 0) is 48.9 Å². The number of aromatic nitrogens is 3. The van der Waals surface area contributed by atoms with Crippen LogP contribution >= 0.6 is 35.0 Å². The fourth-order valence-corrected chi connectivity index (χ4v) is 4.11. The van der Waals surface area contributed by atoms with Crippen molar-refractivity contribution >= 4 is 46.6 Å². The molecule has 4 aromatic rings. The van der Waals surface area contributed by atoms with Gasteiger partial charge < -0.3 is 9.73 Å². The molecule has 6 nitrogen and oxygen atoms in total. The molecule has 0 bridgehead atoms. The summed E-state index contributed by atoms with van der Waals surface area (Å²) in [4.78, 5) is 12.5. The van der Waals surface area contributed by atoms with Crippen LogP contribution < -0.4 is 5.32 Å². The highest BCUT2D eigenvalue weighted by atomic mass is 35.5. The molecule has 0 aliphatic carbocycles. The molecule has 0 radical (unpaired) electrons. The lowest BCUT2D eigenvalue weighted by molar-refractivity contribution is -0.113. The lowest BCUT2D eigenvalue weighted by Crippen LogP contribution is -2.15. The third-order valence-electron chi connectivity index (χ3n) is 4.53. The second-order valence-corrected chi connectivity index (χ2v) is 8.53. The molecular formula is C22H18Cl2N4O2S. The maximum absolute atomic E-state index is 12.5. The Morgan fingerprint density at radius 3 is 2.74 bits per heavy atom. The van der Waals surface area contributed by atoms with E-state index in [0.29, 0.717) is 33.3 Å². The highest BCUT2D eigenvalue weighted by Gasteiger charge is 2.19. The topological polar surface area (TPSA) is 73.0 Å². The summed E-state index contributed by atoms with van der Waals surface area (Å²) in [6.07, 6.45) is 1.61. The van der Waals surface area contributed by atoms with Crippen LogP contribution in [0.25, 0.3) is 11.4 Å². The number of hydrogen-bond donors (Lipinski definition) is 1. The average molecular weight is 473 g/mol. The van der Waals surface area contributed by atoms with Crippen LogP contribution in [-0.2, 0) is 11.3 Å². The molecule has 0 atom stereocenters. The van der Waals surface area contributed by atoms with Crippen LogP contribution in [0, 0.1) is 6.92 Å². The summed E-state index contributed by atoms with van der Waals surface area (Å²) < 4.78 is 7.39. The van der Waals surface area contributed by atoms with E-state index in [4.69, 9.17) is 27.6 Å². The first-order valence-corrected chi connectivity index (χ1v) is 11.1. The Balaban J connectivity index is 1.55. The molecule has 158 valence electrons. The minimum atomic E-state index is -0.165. The average Bonchev–Trinajstić information content (AvgIpc) is 3.40. The van der Waals surface area contributed by atoms with E-state index < -0.39 is 0 Å². The van der Waals surface area contributed by atoms with Crippen LogP contribution in [0.2, 0.25) is 10.0 Å². The lowest BCUT2D eigenvalue weighted by Gasteiger charge is -2.11. The molecule has 1 amide bonds. The summed E-state index contributed by atoms with van der Waals surface area (Å²) in [6, 6.07) is 16.5. The normalized spacial score (nSPS) is 10.9. The first-order chi connectivity index (χ1) is 15.0. The van der Waals surface area contributed by atoms with Crippen molar-refractivity contribution in [2.45, 2.75) is 18.6 Å². The van der Waals surface area contributed by atoms with Crippen molar-refractivity contribution in [3.8, 4) is 11.4 Å². The van der Waals surface area contributed by atoms with Crippen molar-refractivity contribution in [1.29, 1.82) is 0 Å². The van der Waals surface area contributed by atoms with Crippen molar-refractivity contribution in [3.05, 3.63) is 82.2 Å². The maximum Gasteiger partial charge on any atom is 0.234 e. The van der Waals surface area contributed by atoms with E-state index in [1.807, 2.05) is 47.9 Å². The number of hydrogen-bond acceptors (Lipinski definition) is 5. The predicted molar refractivity (Wildman–Crippen MR) is 124 cm³/mol. The Bertz CT molecular complexity index is 1210. The number of benzene rings is 2. The minimum Gasteiger partial charge on any atom is -0.467 e. The Hall–Kier alpha value is -2.74. The molecule has 0 fully saturated rings. The summed E-state index contributed by atoms with van der Waals surface area (Å²) in [5.41, 5.74) is 2.38. The highest BCUT2D eigenvalue weighted by Crippen LogP contribution is 2.30. The molecule has 0 saturated heterocycles. The van der Waals surface area contributed by atoms with Gasteiger partial charge in [-0.2, -0.15) is 0 Å². The van der Waals surface area contributed by atoms with Gasteiger partial charge in [-0.1, -0.05) is 53.2 Å². The largest absolute Gasteiger partial charge is 0.467 e. The molecule has 2 aromatic heterocycles. The standard InChI is InChI=1S/C22H18Cl2N4O2S/c1-14-8-9-15(23)11-19(14)25-20(29)13-31-22-27-26-21(17-6-2-3-7-18(17)24)28(22)12-16-5-4-10-30-16/h2-11H,12-13H2,1H3,(H,25,29). The fourth-order valence-electron chi connectivity index (χ4n) is 2.98. The number of furan rings is 1. The smallest absolute Gasteiger partial charge is 0.234 e. The predicted octanol–water partition coefficient (Wildman–Crippen LogP) is 5.93. The molecule has 0 spiro atoms. The van der Waals surface area contributed by atoms with Gasteiger partial charge in [0.05, 0.1) is 23.6 Å². The van der Waals surface area contributed by atoms with Gasteiger partial charge in [-0.3, -0.25) is 9.36 Å². The van der Waals surface area contributed by atoms with E-state index in [1.54, 1.807) is 24.5 Å². The molecule has 0 saturated carbocycles. The second kappa shape index (κ2) is 9.60. The molecule has 0 aliphatic rings. The molecular weight excluding hydrogens is 455 g/mol. The van der Waals surface area contributed by atoms with Crippen molar-refractivity contribution < 1.29 is 9.21 Å². The first-order valence-electron chi connectivity index (χ1n) is 9.40. The highest BCUT2D eigenvalue weighted by molar-refractivity contribution is 7.99. The van der Waals surface area contributed by atoms with Crippen LogP contribution in [0.3, 0.4) is 0 Å². The summed E-state index contributed by atoms with van der Waals surface area (Å²) in [6.45, 7) is 2.33. The van der Waals surface area contributed by atoms with Crippen LogP contribution in [-0.4, -0.2) is 26.4 Å². The molecule has 0 unspecified atom stereocenters. The van der Waals surface area contributed by atoms with Gasteiger partial charge in [0.1, 0.15) is 5.76 Å². The van der Waals surface area contributed by atoms with E-state index in [1.165, 1.54) is 11.8 Å². The van der Waals surface area contributed by atoms with Crippen LogP contribution in [0.4, 0.5) is 5.69 Å². The van der Waals surface area contributed by atoms with Crippen molar-refractivity contribution in [2.75, 3.05) is 11.1 Å². The first kappa shape index (κ1) is 21.5. The number of carbonyl (C=O) groups excluding carboxylic acids is 1. The molecule has 2 aromatic carbocycles. The van der Waals surface area contributed by atoms with Crippen molar-refractivity contribution in [3.63, 3.8) is 0 Å². The molecule has 1 N–H and O–H groups in total. The Labute approximate surface area is 193 Å². The molecule has 4 rings (SSSR count). The van der Waals surface area contributed by atoms with Gasteiger partial charge in [-0.25, -0.2) is 0 Å². The number of anilines is 1. The molecule has 0 aliphatic heterocycles. The van der Waals surface area contributed by atoms with E-state index in [-0.39, 0.29) is 11.7 Å². The van der Waals surface area contributed by atoms with E-state index in [2.05, 4.69) is 15.5 Å². The zero-order chi connectivity index (χ0) is 21.8. The van der Waals surface area contributed by atoms with Gasteiger partial charge in [0.2, 0.25) is 5.91 Å². The SMILES string of the molecule is Cc1ccc(Cl)cc1NC(=O)CSc1nnc(-c2ccccc2Cl)n1Cc1ccco1. The van der Waals surface area contributed by atoms with Gasteiger partial charge in [0, 0.05) is 16.3 Å². The van der Waals surface area contributed by atoms with Gasteiger partial charge in [0.15, 0.2) is 11.0 Å². The number of rotatable bonds is 7. The Morgan fingerprint density at radius 1 is 1.13 bits per heavy atom. The third-order valence-corrected chi connectivity index (χ3v) is 6.06. The van der Waals surface area contributed by atoms with Crippen LogP contribution in [0.15, 0.2) is 70.4 Å². The number of carbonyl (C=O) groups is 1. The quantitative estimate of drug-likeness (QED) is 0.337. The Kier molecular flexibility index (Phi) is 6.65. The monoisotopic (exact) mass is 472 g/mol. The summed E-state index contributed by atoms with van der Waals surface area (Å²) >= 11 is 13.7. The molecule has 9 heteroatoms. The zero-order valence-corrected chi connectivity index (χ0v) is 18.8. The van der Waals surface area contributed by atoms with Crippen LogP contribution in [0.5, 0.6) is 0 Å². The van der Waals surface area contributed by atoms with E-state index >= 15 is 0 Å². The summed E-state index contributed by atoms with van der Waals surface area (Å²) in [5.74, 6) is 1.34. The maximum atomic E-state index is 12.5. The minimum absolute atomic E-state index is 0.158. The zero-order valence-electron chi connectivity index (χ0n) is 16.5. The number of nitrogens with zero attached hydrogens (tertiary/aromatic N) is 3. The number of amides is 1.